The standard InChI is InChI=1S/C19H26N2O3/c1-18(2,3)24-17(23)20-11-9-19(10-12-20)13-21(14-19)16(22)15-7-5-4-6-8-15/h4-8H,9-14H2,1-3H3. The number of ether oxygens (including phenoxy) is 1. The van der Waals surface area contributed by atoms with Gasteiger partial charge >= 0.3 is 6.09 Å². The van der Waals surface area contributed by atoms with Crippen molar-refractivity contribution in [1.82, 2.24) is 9.80 Å². The van der Waals surface area contributed by atoms with Gasteiger partial charge in [-0.1, -0.05) is 18.2 Å². The highest BCUT2D eigenvalue weighted by molar-refractivity contribution is 5.94. The SMILES string of the molecule is CC(C)(C)OC(=O)N1CCC2(CC1)CN(C(=O)c1ccccc1)C2. The zero-order valence-electron chi connectivity index (χ0n) is 14.7. The van der Waals surface area contributed by atoms with Gasteiger partial charge in [0.2, 0.25) is 0 Å². The second-order valence-electron chi connectivity index (χ2n) is 7.99. The summed E-state index contributed by atoms with van der Waals surface area (Å²) < 4.78 is 5.44. The molecule has 5 heteroatoms. The van der Waals surface area contributed by atoms with Crippen LogP contribution in [0.5, 0.6) is 0 Å². The third kappa shape index (κ3) is 3.55. The number of benzene rings is 1. The molecule has 2 aliphatic heterocycles. The van der Waals surface area contributed by atoms with Crippen molar-refractivity contribution < 1.29 is 14.3 Å². The molecule has 0 aromatic heterocycles. The maximum atomic E-state index is 12.4. The molecule has 5 nitrogen and oxygen atoms in total. The number of carbonyl (C=O) groups is 2. The topological polar surface area (TPSA) is 49.9 Å². The van der Waals surface area contributed by atoms with Crippen molar-refractivity contribution in [2.24, 2.45) is 5.41 Å². The van der Waals surface area contributed by atoms with Crippen LogP contribution in [0.4, 0.5) is 4.79 Å². The molecule has 0 aliphatic carbocycles. The average molecular weight is 330 g/mol. The Morgan fingerprint density at radius 2 is 1.58 bits per heavy atom. The fraction of sp³-hybridized carbons (Fsp3) is 0.579. The zero-order chi connectivity index (χ0) is 17.4. The molecule has 0 saturated carbocycles. The Labute approximate surface area is 143 Å². The van der Waals surface area contributed by atoms with Gasteiger partial charge in [-0.2, -0.15) is 0 Å². The van der Waals surface area contributed by atoms with Gasteiger partial charge in [0.25, 0.3) is 5.91 Å². The highest BCUT2D eigenvalue weighted by atomic mass is 16.6. The Morgan fingerprint density at radius 1 is 1.00 bits per heavy atom. The number of hydrogen-bond acceptors (Lipinski definition) is 3. The van der Waals surface area contributed by atoms with Gasteiger partial charge < -0.3 is 14.5 Å². The number of likely N-dealkylation sites (tertiary alicyclic amines) is 2. The van der Waals surface area contributed by atoms with E-state index in [2.05, 4.69) is 0 Å². The van der Waals surface area contributed by atoms with Crippen LogP contribution in [0.1, 0.15) is 44.0 Å². The molecule has 0 radical (unpaired) electrons. The summed E-state index contributed by atoms with van der Waals surface area (Å²) >= 11 is 0. The van der Waals surface area contributed by atoms with Gasteiger partial charge in [-0.05, 0) is 45.7 Å². The quantitative estimate of drug-likeness (QED) is 0.795. The maximum absolute atomic E-state index is 12.4. The fourth-order valence-electron chi connectivity index (χ4n) is 3.48. The Hall–Kier alpha value is -2.04. The first-order chi connectivity index (χ1) is 11.3. The lowest BCUT2D eigenvalue weighted by Gasteiger charge is -2.53. The molecule has 2 fully saturated rings. The van der Waals surface area contributed by atoms with Crippen LogP contribution in [0.2, 0.25) is 0 Å². The second-order valence-corrected chi connectivity index (χ2v) is 7.99. The van der Waals surface area contributed by atoms with Crippen LogP contribution in [-0.4, -0.2) is 53.6 Å². The van der Waals surface area contributed by atoms with Gasteiger partial charge in [-0.3, -0.25) is 4.79 Å². The predicted octanol–water partition coefficient (Wildman–Crippen LogP) is 3.16. The van der Waals surface area contributed by atoms with Crippen molar-refractivity contribution in [3.8, 4) is 0 Å². The monoisotopic (exact) mass is 330 g/mol. The molecule has 2 saturated heterocycles. The number of hydrogen-bond donors (Lipinski definition) is 0. The normalized spacial score (nSPS) is 19.8. The Balaban J connectivity index is 1.50. The summed E-state index contributed by atoms with van der Waals surface area (Å²) in [6.45, 7) is 8.66. The molecule has 130 valence electrons. The minimum absolute atomic E-state index is 0.107. The van der Waals surface area contributed by atoms with Gasteiger partial charge in [0, 0.05) is 37.2 Å². The number of rotatable bonds is 1. The van der Waals surface area contributed by atoms with Crippen LogP contribution >= 0.6 is 0 Å². The lowest BCUT2D eigenvalue weighted by molar-refractivity contribution is -0.0394. The number of carbonyl (C=O) groups excluding carboxylic acids is 2. The summed E-state index contributed by atoms with van der Waals surface area (Å²) in [6, 6.07) is 9.42. The summed E-state index contributed by atoms with van der Waals surface area (Å²) in [7, 11) is 0. The van der Waals surface area contributed by atoms with Crippen molar-refractivity contribution in [1.29, 1.82) is 0 Å². The largest absolute Gasteiger partial charge is 0.444 e. The average Bonchev–Trinajstić information content (AvgIpc) is 2.51. The van der Waals surface area contributed by atoms with E-state index < -0.39 is 5.60 Å². The molecule has 1 aromatic rings. The first-order valence-electron chi connectivity index (χ1n) is 8.60. The Kier molecular flexibility index (Phi) is 4.28. The van der Waals surface area contributed by atoms with Crippen LogP contribution in [0, 0.1) is 5.41 Å². The predicted molar refractivity (Wildman–Crippen MR) is 91.8 cm³/mol. The summed E-state index contributed by atoms with van der Waals surface area (Å²) in [5.74, 6) is 0.107. The Bertz CT molecular complexity index is 605. The molecule has 2 amide bonds. The van der Waals surface area contributed by atoms with E-state index in [9.17, 15) is 9.59 Å². The van der Waals surface area contributed by atoms with Gasteiger partial charge in [0.05, 0.1) is 0 Å². The molecule has 2 heterocycles. The summed E-state index contributed by atoms with van der Waals surface area (Å²) in [4.78, 5) is 28.3. The van der Waals surface area contributed by atoms with E-state index in [-0.39, 0.29) is 17.4 Å². The van der Waals surface area contributed by atoms with Crippen LogP contribution in [0.3, 0.4) is 0 Å². The van der Waals surface area contributed by atoms with Crippen molar-refractivity contribution in [3.05, 3.63) is 35.9 Å². The van der Waals surface area contributed by atoms with E-state index in [0.29, 0.717) is 13.1 Å². The zero-order valence-corrected chi connectivity index (χ0v) is 14.7. The first-order valence-corrected chi connectivity index (χ1v) is 8.60. The summed E-state index contributed by atoms with van der Waals surface area (Å²) in [5, 5.41) is 0. The molecule has 1 aromatic carbocycles. The van der Waals surface area contributed by atoms with Gasteiger partial charge in [0.15, 0.2) is 0 Å². The molecule has 1 spiro atoms. The molecule has 24 heavy (non-hydrogen) atoms. The van der Waals surface area contributed by atoms with Crippen LogP contribution in [0.15, 0.2) is 30.3 Å². The van der Waals surface area contributed by atoms with Crippen molar-refractivity contribution in [2.75, 3.05) is 26.2 Å². The molecule has 0 unspecified atom stereocenters. The van der Waals surface area contributed by atoms with E-state index in [4.69, 9.17) is 4.74 Å². The van der Waals surface area contributed by atoms with E-state index in [1.165, 1.54) is 0 Å². The minimum atomic E-state index is -0.457. The first kappa shape index (κ1) is 16.8. The summed E-state index contributed by atoms with van der Waals surface area (Å²) in [5.41, 5.74) is 0.475. The van der Waals surface area contributed by atoms with Crippen molar-refractivity contribution in [2.45, 2.75) is 39.2 Å². The minimum Gasteiger partial charge on any atom is -0.444 e. The van der Waals surface area contributed by atoms with Crippen LogP contribution in [0.25, 0.3) is 0 Å². The van der Waals surface area contributed by atoms with Gasteiger partial charge in [-0.25, -0.2) is 4.79 Å². The molecule has 0 bridgehead atoms. The van der Waals surface area contributed by atoms with Crippen LogP contribution < -0.4 is 0 Å². The van der Waals surface area contributed by atoms with Crippen LogP contribution in [-0.2, 0) is 4.74 Å². The van der Waals surface area contributed by atoms with E-state index in [1.807, 2.05) is 56.0 Å². The molecule has 2 aliphatic rings. The third-order valence-corrected chi connectivity index (χ3v) is 4.84. The Morgan fingerprint density at radius 3 is 2.12 bits per heavy atom. The second kappa shape index (κ2) is 6.11. The molecule has 0 N–H and O–H groups in total. The van der Waals surface area contributed by atoms with E-state index >= 15 is 0 Å². The number of amides is 2. The third-order valence-electron chi connectivity index (χ3n) is 4.84. The molecular formula is C19H26N2O3. The van der Waals surface area contributed by atoms with Crippen molar-refractivity contribution in [3.63, 3.8) is 0 Å². The van der Waals surface area contributed by atoms with Crippen molar-refractivity contribution >= 4 is 12.0 Å². The lowest BCUT2D eigenvalue weighted by atomic mass is 9.72. The highest BCUT2D eigenvalue weighted by Gasteiger charge is 2.47. The molecule has 0 atom stereocenters. The maximum Gasteiger partial charge on any atom is 0.410 e. The molecule has 3 rings (SSSR count). The number of nitrogens with zero attached hydrogens (tertiary/aromatic N) is 2. The molecular weight excluding hydrogens is 304 g/mol. The lowest BCUT2D eigenvalue weighted by Crippen LogP contribution is -2.62. The number of piperidine rings is 1. The van der Waals surface area contributed by atoms with Gasteiger partial charge in [-0.15, -0.1) is 0 Å². The smallest absolute Gasteiger partial charge is 0.410 e. The summed E-state index contributed by atoms with van der Waals surface area (Å²) in [6.07, 6.45) is 1.64. The van der Waals surface area contributed by atoms with Gasteiger partial charge in [0.1, 0.15) is 5.60 Å². The van der Waals surface area contributed by atoms with E-state index in [1.54, 1.807) is 4.90 Å². The highest BCUT2D eigenvalue weighted by Crippen LogP contribution is 2.41. The van der Waals surface area contributed by atoms with E-state index in [0.717, 1.165) is 31.5 Å². The fourth-order valence-corrected chi connectivity index (χ4v) is 3.48.